The number of carbonyl (C=O) groups excluding carboxylic acids is 1. The Hall–Kier alpha value is -3.17. The Labute approximate surface area is 233 Å². The first-order valence-electron chi connectivity index (χ1n) is 13.3. The number of benzene rings is 1. The SMILES string of the molecule is CCCCCCN1C(=O)/C(=C/c2c(N3CCN(c4ccccc4)CC3)nc3ccc(C)cn3c2=O)SC1=S. The molecule has 0 bridgehead atoms. The first-order valence-corrected chi connectivity index (χ1v) is 14.5. The lowest BCUT2D eigenvalue weighted by molar-refractivity contribution is -0.122. The quantitative estimate of drug-likeness (QED) is 0.221. The molecule has 0 radical (unpaired) electrons. The third kappa shape index (κ3) is 5.49. The van der Waals surface area contributed by atoms with Gasteiger partial charge in [-0.3, -0.25) is 18.9 Å². The number of aromatic nitrogens is 2. The molecule has 38 heavy (non-hydrogen) atoms. The van der Waals surface area contributed by atoms with E-state index in [0.717, 1.165) is 57.4 Å². The van der Waals surface area contributed by atoms with Crippen molar-refractivity contribution in [3.05, 3.63) is 75.0 Å². The molecule has 0 N–H and O–H groups in total. The number of thiocarbonyl (C=S) groups is 1. The molecule has 2 fully saturated rings. The van der Waals surface area contributed by atoms with Crippen LogP contribution in [0.1, 0.15) is 43.7 Å². The van der Waals surface area contributed by atoms with Crippen LogP contribution < -0.4 is 15.4 Å². The van der Waals surface area contributed by atoms with Crippen molar-refractivity contribution in [2.75, 3.05) is 42.5 Å². The van der Waals surface area contributed by atoms with E-state index in [1.54, 1.807) is 21.6 Å². The fraction of sp³-hybridized carbons (Fsp3) is 0.379. The molecule has 1 aromatic carbocycles. The molecule has 198 valence electrons. The standard InChI is InChI=1S/C29H33N5O2S2/c1-3-4-5-9-14-33-28(36)24(38-29(33)37)19-23-26(30-25-13-12-21(2)20-34(25)27(23)35)32-17-15-31(16-18-32)22-10-7-6-8-11-22/h6-8,10-13,19-20H,3-5,9,14-18H2,1-2H3/b24-19-. The minimum atomic E-state index is -0.174. The number of amides is 1. The summed E-state index contributed by atoms with van der Waals surface area (Å²) in [5.74, 6) is 0.505. The van der Waals surface area contributed by atoms with Crippen LogP contribution in [0.5, 0.6) is 0 Å². The largest absolute Gasteiger partial charge is 0.368 e. The summed E-state index contributed by atoms with van der Waals surface area (Å²) in [7, 11) is 0. The van der Waals surface area contributed by atoms with E-state index >= 15 is 0 Å². The fourth-order valence-electron chi connectivity index (χ4n) is 4.95. The van der Waals surface area contributed by atoms with Crippen LogP contribution in [-0.4, -0.2) is 57.2 Å². The summed E-state index contributed by atoms with van der Waals surface area (Å²) in [6.45, 7) is 7.82. The van der Waals surface area contributed by atoms with E-state index < -0.39 is 0 Å². The van der Waals surface area contributed by atoms with Crippen LogP contribution in [-0.2, 0) is 4.79 Å². The van der Waals surface area contributed by atoms with Crippen molar-refractivity contribution in [1.29, 1.82) is 0 Å². The van der Waals surface area contributed by atoms with Gasteiger partial charge in [-0.1, -0.05) is 74.4 Å². The zero-order chi connectivity index (χ0) is 26.6. The predicted octanol–water partition coefficient (Wildman–Crippen LogP) is 5.11. The highest BCUT2D eigenvalue weighted by Gasteiger charge is 2.33. The van der Waals surface area contributed by atoms with Gasteiger partial charge in [0.2, 0.25) is 0 Å². The highest BCUT2D eigenvalue weighted by atomic mass is 32.2. The Morgan fingerprint density at radius 1 is 0.974 bits per heavy atom. The maximum atomic E-state index is 13.8. The van der Waals surface area contributed by atoms with Gasteiger partial charge in [-0.2, -0.15) is 0 Å². The first kappa shape index (κ1) is 26.4. The van der Waals surface area contributed by atoms with E-state index in [4.69, 9.17) is 17.2 Å². The normalized spacial score (nSPS) is 17.3. The van der Waals surface area contributed by atoms with Gasteiger partial charge in [0.1, 0.15) is 15.8 Å². The molecule has 2 aliphatic rings. The summed E-state index contributed by atoms with van der Waals surface area (Å²) in [5.41, 5.74) is 3.02. The van der Waals surface area contributed by atoms with Gasteiger partial charge in [0.05, 0.1) is 10.5 Å². The monoisotopic (exact) mass is 547 g/mol. The van der Waals surface area contributed by atoms with Crippen molar-refractivity contribution < 1.29 is 4.79 Å². The van der Waals surface area contributed by atoms with Gasteiger partial charge in [-0.05, 0) is 43.2 Å². The van der Waals surface area contributed by atoms with Gasteiger partial charge in [0, 0.05) is 44.6 Å². The van der Waals surface area contributed by atoms with Crippen LogP contribution in [0.25, 0.3) is 11.7 Å². The number of fused-ring (bicyclic) bond motifs is 1. The molecular formula is C29H33N5O2S2. The second-order valence-electron chi connectivity index (χ2n) is 9.79. The van der Waals surface area contributed by atoms with Crippen molar-refractivity contribution in [3.63, 3.8) is 0 Å². The number of unbranched alkanes of at least 4 members (excludes halogenated alkanes) is 3. The molecule has 0 saturated carbocycles. The number of pyridine rings is 1. The minimum absolute atomic E-state index is 0.120. The number of thioether (sulfide) groups is 1. The number of rotatable bonds is 8. The van der Waals surface area contributed by atoms with E-state index in [1.807, 2.05) is 37.3 Å². The smallest absolute Gasteiger partial charge is 0.267 e. The summed E-state index contributed by atoms with van der Waals surface area (Å²) in [5, 5.41) is 0. The molecule has 0 atom stereocenters. The number of aryl methyl sites for hydroxylation is 1. The zero-order valence-corrected chi connectivity index (χ0v) is 23.6. The molecule has 2 aliphatic heterocycles. The van der Waals surface area contributed by atoms with Crippen LogP contribution in [0.3, 0.4) is 0 Å². The van der Waals surface area contributed by atoms with Gasteiger partial charge >= 0.3 is 0 Å². The van der Waals surface area contributed by atoms with Crippen molar-refractivity contribution in [2.24, 2.45) is 0 Å². The lowest BCUT2D eigenvalue weighted by Crippen LogP contribution is -2.47. The van der Waals surface area contributed by atoms with Crippen LogP contribution in [0.4, 0.5) is 11.5 Å². The molecule has 7 nitrogen and oxygen atoms in total. The predicted molar refractivity (Wildman–Crippen MR) is 161 cm³/mol. The van der Waals surface area contributed by atoms with Crippen molar-refractivity contribution >= 4 is 57.4 Å². The molecule has 2 saturated heterocycles. The Morgan fingerprint density at radius 2 is 1.71 bits per heavy atom. The van der Waals surface area contributed by atoms with Crippen molar-refractivity contribution in [3.8, 4) is 0 Å². The number of carbonyl (C=O) groups is 1. The number of anilines is 2. The lowest BCUT2D eigenvalue weighted by Gasteiger charge is -2.37. The average molecular weight is 548 g/mol. The van der Waals surface area contributed by atoms with Crippen LogP contribution in [0.2, 0.25) is 0 Å². The molecule has 1 amide bonds. The fourth-order valence-corrected chi connectivity index (χ4v) is 6.24. The second-order valence-corrected chi connectivity index (χ2v) is 11.5. The molecular weight excluding hydrogens is 514 g/mol. The van der Waals surface area contributed by atoms with Crippen LogP contribution >= 0.6 is 24.0 Å². The Kier molecular flexibility index (Phi) is 8.14. The van der Waals surface area contributed by atoms with Gasteiger partial charge < -0.3 is 9.80 Å². The summed E-state index contributed by atoms with van der Waals surface area (Å²) < 4.78 is 2.14. The first-order chi connectivity index (χ1) is 18.5. The number of piperazine rings is 1. The summed E-state index contributed by atoms with van der Waals surface area (Å²) in [6, 6.07) is 14.2. The Morgan fingerprint density at radius 3 is 2.45 bits per heavy atom. The van der Waals surface area contributed by atoms with E-state index in [2.05, 4.69) is 28.9 Å². The minimum Gasteiger partial charge on any atom is -0.368 e. The van der Waals surface area contributed by atoms with Gasteiger partial charge in [0.15, 0.2) is 0 Å². The molecule has 0 aliphatic carbocycles. The summed E-state index contributed by atoms with van der Waals surface area (Å²) in [6.07, 6.45) is 7.79. The van der Waals surface area contributed by atoms with E-state index in [9.17, 15) is 9.59 Å². The molecule has 9 heteroatoms. The number of hydrogen-bond donors (Lipinski definition) is 0. The van der Waals surface area contributed by atoms with Crippen LogP contribution in [0.15, 0.2) is 58.4 Å². The molecule has 5 rings (SSSR count). The highest BCUT2D eigenvalue weighted by Crippen LogP contribution is 2.34. The van der Waals surface area contributed by atoms with Gasteiger partial charge in [-0.25, -0.2) is 4.98 Å². The number of para-hydroxylation sites is 1. The van der Waals surface area contributed by atoms with E-state index in [1.165, 1.54) is 17.4 Å². The maximum Gasteiger partial charge on any atom is 0.267 e. The molecule has 3 aromatic rings. The summed E-state index contributed by atoms with van der Waals surface area (Å²) >= 11 is 6.82. The van der Waals surface area contributed by atoms with Crippen molar-refractivity contribution in [1.82, 2.24) is 14.3 Å². The second kappa shape index (κ2) is 11.7. The molecule has 0 unspecified atom stereocenters. The van der Waals surface area contributed by atoms with Gasteiger partial charge in [-0.15, -0.1) is 0 Å². The Bertz CT molecular complexity index is 1430. The van der Waals surface area contributed by atoms with Gasteiger partial charge in [0.25, 0.3) is 11.5 Å². The summed E-state index contributed by atoms with van der Waals surface area (Å²) in [4.78, 5) is 38.7. The van der Waals surface area contributed by atoms with E-state index in [0.29, 0.717) is 32.8 Å². The van der Waals surface area contributed by atoms with Crippen molar-refractivity contribution in [2.45, 2.75) is 39.5 Å². The Balaban J connectivity index is 1.47. The maximum absolute atomic E-state index is 13.8. The highest BCUT2D eigenvalue weighted by molar-refractivity contribution is 8.26. The van der Waals surface area contributed by atoms with Crippen LogP contribution in [0, 0.1) is 6.92 Å². The molecule has 4 heterocycles. The zero-order valence-electron chi connectivity index (χ0n) is 21.9. The average Bonchev–Trinajstić information content (AvgIpc) is 3.20. The number of hydrogen-bond acceptors (Lipinski definition) is 7. The third-order valence-corrected chi connectivity index (χ3v) is 8.45. The van der Waals surface area contributed by atoms with E-state index in [-0.39, 0.29) is 11.5 Å². The molecule has 0 spiro atoms. The molecule has 2 aromatic heterocycles. The number of nitrogens with zero attached hydrogens (tertiary/aromatic N) is 5. The topological polar surface area (TPSA) is 61.2 Å². The lowest BCUT2D eigenvalue weighted by atomic mass is 10.2. The third-order valence-electron chi connectivity index (χ3n) is 7.07.